The molecule has 3 aromatic carbocycles. The van der Waals surface area contributed by atoms with E-state index < -0.39 is 0 Å². The van der Waals surface area contributed by atoms with Crippen LogP contribution in [0.1, 0.15) is 17.3 Å². The van der Waals surface area contributed by atoms with Gasteiger partial charge < -0.3 is 10.1 Å². The van der Waals surface area contributed by atoms with E-state index in [-0.39, 0.29) is 18.3 Å². The van der Waals surface area contributed by atoms with Gasteiger partial charge in [-0.2, -0.15) is 0 Å². The van der Waals surface area contributed by atoms with Crippen LogP contribution in [0.15, 0.2) is 66.7 Å². The third kappa shape index (κ3) is 3.43. The van der Waals surface area contributed by atoms with E-state index in [1.165, 1.54) is 6.92 Å². The van der Waals surface area contributed by atoms with Crippen molar-refractivity contribution in [3.05, 3.63) is 72.3 Å². The molecule has 24 heavy (non-hydrogen) atoms. The van der Waals surface area contributed by atoms with E-state index in [2.05, 4.69) is 5.32 Å². The second-order valence-corrected chi connectivity index (χ2v) is 5.42. The molecule has 4 heteroatoms. The maximum atomic E-state index is 12.2. The van der Waals surface area contributed by atoms with Crippen LogP contribution in [0.5, 0.6) is 5.75 Å². The van der Waals surface area contributed by atoms with Crippen molar-refractivity contribution in [2.45, 2.75) is 6.92 Å². The normalized spacial score (nSPS) is 10.4. The summed E-state index contributed by atoms with van der Waals surface area (Å²) in [7, 11) is 0. The second-order valence-electron chi connectivity index (χ2n) is 5.42. The first-order valence-electron chi connectivity index (χ1n) is 7.65. The molecule has 1 amide bonds. The third-order valence-electron chi connectivity index (χ3n) is 3.69. The van der Waals surface area contributed by atoms with Crippen molar-refractivity contribution < 1.29 is 14.3 Å². The zero-order valence-electron chi connectivity index (χ0n) is 13.3. The molecule has 0 unspecified atom stereocenters. The number of Topliss-reactive ketones (excluding diaryl/α,β-unsaturated/α-hetero) is 1. The van der Waals surface area contributed by atoms with Crippen LogP contribution in [0.2, 0.25) is 0 Å². The summed E-state index contributed by atoms with van der Waals surface area (Å²) < 4.78 is 5.51. The van der Waals surface area contributed by atoms with Gasteiger partial charge in [0.15, 0.2) is 12.4 Å². The van der Waals surface area contributed by atoms with Crippen LogP contribution in [-0.4, -0.2) is 18.3 Å². The van der Waals surface area contributed by atoms with Gasteiger partial charge in [-0.15, -0.1) is 0 Å². The molecule has 0 aromatic heterocycles. The average molecular weight is 319 g/mol. The number of nitrogens with one attached hydrogen (secondary N) is 1. The summed E-state index contributed by atoms with van der Waals surface area (Å²) >= 11 is 0. The van der Waals surface area contributed by atoms with Gasteiger partial charge in [0.25, 0.3) is 5.91 Å². The molecule has 4 nitrogen and oxygen atoms in total. The highest BCUT2D eigenvalue weighted by Gasteiger charge is 2.10. The number of para-hydroxylation sites is 1. The largest absolute Gasteiger partial charge is 0.483 e. The highest BCUT2D eigenvalue weighted by molar-refractivity contribution is 6.02. The van der Waals surface area contributed by atoms with E-state index >= 15 is 0 Å². The molecule has 0 fully saturated rings. The van der Waals surface area contributed by atoms with Crippen molar-refractivity contribution in [1.29, 1.82) is 0 Å². The number of benzene rings is 3. The van der Waals surface area contributed by atoms with E-state index in [4.69, 9.17) is 4.74 Å². The van der Waals surface area contributed by atoms with Crippen molar-refractivity contribution in [2.75, 3.05) is 11.9 Å². The first-order valence-corrected chi connectivity index (χ1v) is 7.65. The molecule has 0 heterocycles. The van der Waals surface area contributed by atoms with E-state index in [1.807, 2.05) is 42.5 Å². The van der Waals surface area contributed by atoms with E-state index in [1.54, 1.807) is 24.3 Å². The van der Waals surface area contributed by atoms with Gasteiger partial charge in [0, 0.05) is 11.1 Å². The number of ether oxygens (including phenoxy) is 1. The van der Waals surface area contributed by atoms with Crippen LogP contribution in [0, 0.1) is 0 Å². The first kappa shape index (κ1) is 15.7. The molecule has 0 spiro atoms. The Bertz CT molecular complexity index is 897. The smallest absolute Gasteiger partial charge is 0.262 e. The summed E-state index contributed by atoms with van der Waals surface area (Å²) in [5.41, 5.74) is 1.21. The molecule has 0 saturated heterocycles. The number of amides is 1. The minimum atomic E-state index is -0.273. The fourth-order valence-electron chi connectivity index (χ4n) is 2.55. The fraction of sp³-hybridized carbons (Fsp3) is 0.100. The predicted molar refractivity (Wildman–Crippen MR) is 94.5 cm³/mol. The summed E-state index contributed by atoms with van der Waals surface area (Å²) in [6.07, 6.45) is 0. The van der Waals surface area contributed by atoms with Crippen LogP contribution in [0.4, 0.5) is 5.69 Å². The van der Waals surface area contributed by atoms with Crippen LogP contribution in [0.25, 0.3) is 10.8 Å². The standard InChI is InChI=1S/C20H17NO3/c1-14(22)16-9-4-5-12-19(16)24-13-20(23)21-18-11-6-8-15-7-2-3-10-17(15)18/h2-12H,13H2,1H3,(H,21,23). The minimum Gasteiger partial charge on any atom is -0.483 e. The summed E-state index contributed by atoms with van der Waals surface area (Å²) in [5, 5.41) is 4.88. The van der Waals surface area contributed by atoms with Gasteiger partial charge in [-0.3, -0.25) is 9.59 Å². The SMILES string of the molecule is CC(=O)c1ccccc1OCC(=O)Nc1cccc2ccccc12. The van der Waals surface area contributed by atoms with Gasteiger partial charge >= 0.3 is 0 Å². The molecule has 0 atom stereocenters. The van der Waals surface area contributed by atoms with Crippen LogP contribution in [0.3, 0.4) is 0 Å². The number of hydrogen-bond acceptors (Lipinski definition) is 3. The van der Waals surface area contributed by atoms with E-state index in [0.717, 1.165) is 16.5 Å². The molecule has 0 aliphatic heterocycles. The lowest BCUT2D eigenvalue weighted by molar-refractivity contribution is -0.118. The Hall–Kier alpha value is -3.14. The number of fused-ring (bicyclic) bond motifs is 1. The number of anilines is 1. The highest BCUT2D eigenvalue weighted by atomic mass is 16.5. The maximum absolute atomic E-state index is 12.2. The van der Waals surface area contributed by atoms with Crippen molar-refractivity contribution >= 4 is 28.2 Å². The summed E-state index contributed by atoms with van der Waals surface area (Å²) in [6.45, 7) is 1.31. The van der Waals surface area contributed by atoms with E-state index in [0.29, 0.717) is 11.3 Å². The summed E-state index contributed by atoms with van der Waals surface area (Å²) in [5.74, 6) is 0.0443. The number of hydrogen-bond donors (Lipinski definition) is 1. The molecule has 0 radical (unpaired) electrons. The van der Waals surface area contributed by atoms with Gasteiger partial charge in [-0.05, 0) is 30.5 Å². The van der Waals surface area contributed by atoms with Gasteiger partial charge in [0.05, 0.1) is 5.56 Å². The molecule has 3 rings (SSSR count). The lowest BCUT2D eigenvalue weighted by Crippen LogP contribution is -2.20. The van der Waals surface area contributed by atoms with Crippen LogP contribution >= 0.6 is 0 Å². The van der Waals surface area contributed by atoms with Gasteiger partial charge in [-0.1, -0.05) is 48.5 Å². The number of carbonyl (C=O) groups is 2. The zero-order chi connectivity index (χ0) is 16.9. The van der Waals surface area contributed by atoms with Gasteiger partial charge in [-0.25, -0.2) is 0 Å². The second kappa shape index (κ2) is 6.96. The van der Waals surface area contributed by atoms with Crippen molar-refractivity contribution in [2.24, 2.45) is 0 Å². The van der Waals surface area contributed by atoms with Crippen molar-refractivity contribution in [3.8, 4) is 5.75 Å². The third-order valence-corrected chi connectivity index (χ3v) is 3.69. The average Bonchev–Trinajstić information content (AvgIpc) is 2.60. The quantitative estimate of drug-likeness (QED) is 0.722. The molecular formula is C20H17NO3. The Labute approximate surface area is 140 Å². The Kier molecular flexibility index (Phi) is 4.57. The molecule has 3 aromatic rings. The lowest BCUT2D eigenvalue weighted by atomic mass is 10.1. The highest BCUT2D eigenvalue weighted by Crippen LogP contribution is 2.23. The molecule has 0 saturated carbocycles. The van der Waals surface area contributed by atoms with E-state index in [9.17, 15) is 9.59 Å². The summed E-state index contributed by atoms with van der Waals surface area (Å²) in [6, 6.07) is 20.5. The fourth-order valence-corrected chi connectivity index (χ4v) is 2.55. The summed E-state index contributed by atoms with van der Waals surface area (Å²) in [4.78, 5) is 23.8. The molecule has 0 bridgehead atoms. The van der Waals surface area contributed by atoms with Crippen molar-refractivity contribution in [3.63, 3.8) is 0 Å². The minimum absolute atomic E-state index is 0.0972. The zero-order valence-corrected chi connectivity index (χ0v) is 13.3. The Morgan fingerprint density at radius 2 is 1.62 bits per heavy atom. The maximum Gasteiger partial charge on any atom is 0.262 e. The lowest BCUT2D eigenvalue weighted by Gasteiger charge is -2.11. The van der Waals surface area contributed by atoms with Crippen molar-refractivity contribution in [1.82, 2.24) is 0 Å². The number of ketones is 1. The Morgan fingerprint density at radius 1 is 0.917 bits per heavy atom. The number of rotatable bonds is 5. The van der Waals surface area contributed by atoms with Gasteiger partial charge in [0.1, 0.15) is 5.75 Å². The molecular weight excluding hydrogens is 302 g/mol. The van der Waals surface area contributed by atoms with Gasteiger partial charge in [0.2, 0.25) is 0 Å². The molecule has 0 aliphatic rings. The first-order chi connectivity index (χ1) is 11.6. The topological polar surface area (TPSA) is 55.4 Å². The number of carbonyl (C=O) groups excluding carboxylic acids is 2. The molecule has 120 valence electrons. The predicted octanol–water partition coefficient (Wildman–Crippen LogP) is 4.06. The van der Waals surface area contributed by atoms with Crippen LogP contribution in [-0.2, 0) is 4.79 Å². The Balaban J connectivity index is 1.71. The van der Waals surface area contributed by atoms with Crippen LogP contribution < -0.4 is 10.1 Å². The molecule has 1 N–H and O–H groups in total. The monoisotopic (exact) mass is 319 g/mol. The Morgan fingerprint density at radius 3 is 2.46 bits per heavy atom. The molecule has 0 aliphatic carbocycles.